The number of rotatable bonds is 8. The SMILES string of the molecule is C=CCOc1ccc(C2/C(=C(\O)c3ccc4c(c3)OCCO4)C(=O)C(=O)N2CCN2CCCC2)cc1. The highest BCUT2D eigenvalue weighted by molar-refractivity contribution is 6.46. The molecule has 1 amide bonds. The zero-order valence-electron chi connectivity index (χ0n) is 20.2. The molecule has 1 unspecified atom stereocenters. The van der Waals surface area contributed by atoms with Crippen molar-refractivity contribution in [3.63, 3.8) is 0 Å². The fraction of sp³-hybridized carbons (Fsp3) is 0.357. The topological polar surface area (TPSA) is 88.5 Å². The van der Waals surface area contributed by atoms with Crippen molar-refractivity contribution in [1.82, 2.24) is 9.80 Å². The maximum absolute atomic E-state index is 13.3. The van der Waals surface area contributed by atoms with Crippen molar-refractivity contribution < 1.29 is 28.9 Å². The summed E-state index contributed by atoms with van der Waals surface area (Å²) >= 11 is 0. The third-order valence-corrected chi connectivity index (χ3v) is 6.78. The molecule has 0 radical (unpaired) electrons. The molecule has 3 aliphatic heterocycles. The van der Waals surface area contributed by atoms with Gasteiger partial charge in [-0.15, -0.1) is 0 Å². The van der Waals surface area contributed by atoms with Gasteiger partial charge in [0, 0.05) is 18.7 Å². The van der Waals surface area contributed by atoms with Gasteiger partial charge in [-0.05, 0) is 61.8 Å². The highest BCUT2D eigenvalue weighted by Gasteiger charge is 2.46. The Morgan fingerprint density at radius 3 is 2.47 bits per heavy atom. The van der Waals surface area contributed by atoms with E-state index < -0.39 is 17.7 Å². The van der Waals surface area contributed by atoms with Crippen LogP contribution < -0.4 is 14.2 Å². The van der Waals surface area contributed by atoms with Crippen LogP contribution in [-0.4, -0.2) is 72.6 Å². The average Bonchev–Trinajstić information content (AvgIpc) is 3.52. The van der Waals surface area contributed by atoms with Crippen molar-refractivity contribution in [3.8, 4) is 17.2 Å². The Balaban J connectivity index is 1.52. The van der Waals surface area contributed by atoms with Crippen molar-refractivity contribution in [1.29, 1.82) is 0 Å². The number of ketones is 1. The first-order chi connectivity index (χ1) is 17.6. The van der Waals surface area contributed by atoms with Crippen LogP contribution in [0.25, 0.3) is 5.76 Å². The lowest BCUT2D eigenvalue weighted by Gasteiger charge is -2.27. The van der Waals surface area contributed by atoms with E-state index in [2.05, 4.69) is 11.5 Å². The maximum atomic E-state index is 13.3. The average molecular weight is 491 g/mol. The molecule has 1 atom stereocenters. The van der Waals surface area contributed by atoms with Crippen molar-refractivity contribution in [2.75, 3.05) is 46.0 Å². The molecule has 36 heavy (non-hydrogen) atoms. The van der Waals surface area contributed by atoms with Gasteiger partial charge in [-0.2, -0.15) is 0 Å². The standard InChI is InChI=1S/C28H30N2O6/c1-2-15-34-21-8-5-19(6-9-21)25-24(26(31)20-7-10-22-23(18-20)36-17-16-35-22)27(32)28(33)30(25)14-13-29-11-3-4-12-29/h2,5-10,18,25,31H,1,3-4,11-17H2/b26-24+. The molecule has 0 aromatic heterocycles. The van der Waals surface area contributed by atoms with E-state index in [9.17, 15) is 14.7 Å². The number of benzene rings is 2. The summed E-state index contributed by atoms with van der Waals surface area (Å²) in [6.45, 7) is 7.92. The molecule has 5 rings (SSSR count). The van der Waals surface area contributed by atoms with E-state index in [0.717, 1.165) is 31.5 Å². The molecule has 8 heteroatoms. The first-order valence-corrected chi connectivity index (χ1v) is 12.3. The van der Waals surface area contributed by atoms with Crippen molar-refractivity contribution in [2.24, 2.45) is 0 Å². The van der Waals surface area contributed by atoms with Gasteiger partial charge in [0.1, 0.15) is 31.3 Å². The number of carbonyl (C=O) groups is 2. The number of amides is 1. The first kappa shape index (κ1) is 23.9. The Morgan fingerprint density at radius 1 is 1.03 bits per heavy atom. The maximum Gasteiger partial charge on any atom is 0.295 e. The second-order valence-electron chi connectivity index (χ2n) is 9.07. The zero-order chi connectivity index (χ0) is 25.1. The molecule has 0 saturated carbocycles. The van der Waals surface area contributed by atoms with Crippen LogP contribution >= 0.6 is 0 Å². The van der Waals surface area contributed by atoms with Gasteiger partial charge in [-0.1, -0.05) is 24.8 Å². The van der Waals surface area contributed by atoms with Gasteiger partial charge >= 0.3 is 0 Å². The van der Waals surface area contributed by atoms with Gasteiger partial charge < -0.3 is 29.1 Å². The van der Waals surface area contributed by atoms with E-state index in [1.807, 2.05) is 12.1 Å². The number of fused-ring (bicyclic) bond motifs is 1. The molecule has 2 saturated heterocycles. The minimum absolute atomic E-state index is 0.0675. The number of likely N-dealkylation sites (tertiary alicyclic amines) is 2. The summed E-state index contributed by atoms with van der Waals surface area (Å²) < 4.78 is 16.8. The van der Waals surface area contributed by atoms with Crippen molar-refractivity contribution in [3.05, 3.63) is 71.8 Å². The summed E-state index contributed by atoms with van der Waals surface area (Å²) in [7, 11) is 0. The number of ether oxygens (including phenoxy) is 3. The van der Waals surface area contributed by atoms with Gasteiger partial charge in [-0.25, -0.2) is 0 Å². The highest BCUT2D eigenvalue weighted by atomic mass is 16.6. The predicted molar refractivity (Wildman–Crippen MR) is 134 cm³/mol. The number of aliphatic hydroxyl groups is 1. The fourth-order valence-electron chi connectivity index (χ4n) is 4.96. The molecular weight excluding hydrogens is 460 g/mol. The monoisotopic (exact) mass is 490 g/mol. The lowest BCUT2D eigenvalue weighted by molar-refractivity contribution is -0.140. The number of Topliss-reactive ketones (excluding diaryl/α,β-unsaturated/α-hetero) is 1. The first-order valence-electron chi connectivity index (χ1n) is 12.3. The molecule has 0 aliphatic carbocycles. The zero-order valence-corrected chi connectivity index (χ0v) is 20.2. The molecule has 2 aromatic carbocycles. The molecule has 8 nitrogen and oxygen atoms in total. The highest BCUT2D eigenvalue weighted by Crippen LogP contribution is 2.41. The van der Waals surface area contributed by atoms with Gasteiger partial charge in [0.2, 0.25) is 0 Å². The van der Waals surface area contributed by atoms with E-state index in [0.29, 0.717) is 55.7 Å². The van der Waals surface area contributed by atoms with Gasteiger partial charge in [0.25, 0.3) is 11.7 Å². The van der Waals surface area contributed by atoms with Crippen molar-refractivity contribution in [2.45, 2.75) is 18.9 Å². The lowest BCUT2D eigenvalue weighted by Crippen LogP contribution is -2.37. The number of carbonyl (C=O) groups excluding carboxylic acids is 2. The van der Waals surface area contributed by atoms with E-state index in [4.69, 9.17) is 14.2 Å². The number of hydrogen-bond donors (Lipinski definition) is 1. The summed E-state index contributed by atoms with van der Waals surface area (Å²) in [6, 6.07) is 11.5. The van der Waals surface area contributed by atoms with Crippen LogP contribution in [0.5, 0.6) is 17.2 Å². The molecule has 0 bridgehead atoms. The van der Waals surface area contributed by atoms with Crippen molar-refractivity contribution >= 4 is 17.4 Å². The number of aliphatic hydroxyl groups excluding tert-OH is 1. The summed E-state index contributed by atoms with van der Waals surface area (Å²) in [6.07, 6.45) is 3.94. The number of nitrogens with zero attached hydrogens (tertiary/aromatic N) is 2. The van der Waals surface area contributed by atoms with Gasteiger partial charge in [0.15, 0.2) is 11.5 Å². The third kappa shape index (κ3) is 4.68. The lowest BCUT2D eigenvalue weighted by atomic mass is 9.95. The molecule has 3 heterocycles. The molecular formula is C28H30N2O6. The molecule has 2 fully saturated rings. The fourth-order valence-corrected chi connectivity index (χ4v) is 4.96. The van der Waals surface area contributed by atoms with Crippen LogP contribution in [0, 0.1) is 0 Å². The quantitative estimate of drug-likeness (QED) is 0.262. The Kier molecular flexibility index (Phi) is 6.95. The Morgan fingerprint density at radius 2 is 1.75 bits per heavy atom. The second kappa shape index (κ2) is 10.5. The summed E-state index contributed by atoms with van der Waals surface area (Å²) in [5, 5.41) is 11.3. The molecule has 2 aromatic rings. The molecule has 188 valence electrons. The van der Waals surface area contributed by atoms with Crippen LogP contribution in [-0.2, 0) is 9.59 Å². The number of hydrogen-bond acceptors (Lipinski definition) is 7. The summed E-state index contributed by atoms with van der Waals surface area (Å²) in [5.74, 6) is 0.195. The second-order valence-corrected chi connectivity index (χ2v) is 9.07. The van der Waals surface area contributed by atoms with E-state index in [1.54, 1.807) is 41.3 Å². The predicted octanol–water partition coefficient (Wildman–Crippen LogP) is 3.54. The minimum atomic E-state index is -0.714. The summed E-state index contributed by atoms with van der Waals surface area (Å²) in [4.78, 5) is 30.4. The third-order valence-electron chi connectivity index (χ3n) is 6.78. The summed E-state index contributed by atoms with van der Waals surface area (Å²) in [5.41, 5.74) is 1.19. The smallest absolute Gasteiger partial charge is 0.295 e. The molecule has 0 spiro atoms. The van der Waals surface area contributed by atoms with Crippen LogP contribution in [0.2, 0.25) is 0 Å². The minimum Gasteiger partial charge on any atom is -0.507 e. The Hall–Kier alpha value is -3.78. The van der Waals surface area contributed by atoms with Crippen LogP contribution in [0.15, 0.2) is 60.7 Å². The van der Waals surface area contributed by atoms with Crippen LogP contribution in [0.1, 0.15) is 30.0 Å². The molecule has 1 N–H and O–H groups in total. The Bertz CT molecular complexity index is 1180. The van der Waals surface area contributed by atoms with Gasteiger partial charge in [-0.3, -0.25) is 9.59 Å². The normalized spacial score (nSPS) is 21.1. The van der Waals surface area contributed by atoms with Crippen LogP contribution in [0.4, 0.5) is 0 Å². The Labute approximate surface area is 210 Å². The van der Waals surface area contributed by atoms with Crippen LogP contribution in [0.3, 0.4) is 0 Å². The molecule has 3 aliphatic rings. The van der Waals surface area contributed by atoms with E-state index in [-0.39, 0.29) is 11.3 Å². The van der Waals surface area contributed by atoms with Gasteiger partial charge in [0.05, 0.1) is 11.6 Å². The van der Waals surface area contributed by atoms with E-state index in [1.165, 1.54) is 0 Å². The van der Waals surface area contributed by atoms with E-state index >= 15 is 0 Å². The largest absolute Gasteiger partial charge is 0.507 e.